The molecule has 37 heavy (non-hydrogen) atoms. The number of amides is 2. The zero-order valence-corrected chi connectivity index (χ0v) is 22.3. The molecular weight excluding hydrogens is 468 g/mol. The molecule has 1 aliphatic rings. The molecule has 0 spiro atoms. The van der Waals surface area contributed by atoms with Crippen molar-refractivity contribution in [3.63, 3.8) is 0 Å². The van der Waals surface area contributed by atoms with Gasteiger partial charge in [-0.05, 0) is 81.5 Å². The van der Waals surface area contributed by atoms with Gasteiger partial charge in [-0.1, -0.05) is 26.0 Å². The van der Waals surface area contributed by atoms with Crippen LogP contribution in [0.25, 0.3) is 11.1 Å². The number of nitrogens with zero attached hydrogens (tertiary/aromatic N) is 3. The van der Waals surface area contributed by atoms with Gasteiger partial charge < -0.3 is 15.7 Å². The molecule has 4 N–H and O–H groups in total. The maximum atomic E-state index is 13.6. The van der Waals surface area contributed by atoms with Crippen LogP contribution in [0.3, 0.4) is 0 Å². The molecule has 4 rings (SSSR count). The van der Waals surface area contributed by atoms with Gasteiger partial charge in [0.2, 0.25) is 5.91 Å². The van der Waals surface area contributed by atoms with E-state index >= 15 is 0 Å². The van der Waals surface area contributed by atoms with E-state index in [1.54, 1.807) is 13.0 Å². The lowest BCUT2D eigenvalue weighted by molar-refractivity contribution is -0.119. The van der Waals surface area contributed by atoms with Crippen molar-refractivity contribution in [2.75, 3.05) is 11.9 Å². The molecule has 1 aromatic carbocycles. The summed E-state index contributed by atoms with van der Waals surface area (Å²) in [5.74, 6) is 0.363. The Hall–Kier alpha value is -3.46. The Morgan fingerprint density at radius 2 is 1.78 bits per heavy atom. The molecule has 0 bridgehead atoms. The van der Waals surface area contributed by atoms with Crippen LogP contribution >= 0.6 is 0 Å². The third-order valence-corrected chi connectivity index (χ3v) is 7.41. The number of aromatic amines is 1. The van der Waals surface area contributed by atoms with Crippen LogP contribution in [0.2, 0.25) is 0 Å². The molecule has 2 heterocycles. The van der Waals surface area contributed by atoms with E-state index in [1.165, 1.54) is 10.9 Å². The summed E-state index contributed by atoms with van der Waals surface area (Å²) in [5, 5.41) is 27.1. The summed E-state index contributed by atoms with van der Waals surface area (Å²) in [5.41, 5.74) is 4.99. The van der Waals surface area contributed by atoms with Gasteiger partial charge in [0.25, 0.3) is 5.91 Å². The Kier molecular flexibility index (Phi) is 8.12. The average molecular weight is 507 g/mol. The number of aromatic nitrogens is 4. The van der Waals surface area contributed by atoms with Gasteiger partial charge in [0, 0.05) is 23.1 Å². The van der Waals surface area contributed by atoms with Gasteiger partial charge in [-0.15, -0.1) is 0 Å². The number of H-pyrrole nitrogens is 1. The molecule has 3 aromatic rings. The van der Waals surface area contributed by atoms with Crippen LogP contribution in [-0.2, 0) is 4.79 Å². The summed E-state index contributed by atoms with van der Waals surface area (Å²) in [6.07, 6.45) is 4.39. The van der Waals surface area contributed by atoms with E-state index < -0.39 is 6.04 Å². The van der Waals surface area contributed by atoms with Crippen LogP contribution in [0.15, 0.2) is 36.5 Å². The number of aliphatic hydroxyl groups excluding tert-OH is 1. The fraction of sp³-hybridized carbons (Fsp3) is 0.500. The molecule has 9 nitrogen and oxygen atoms in total. The summed E-state index contributed by atoms with van der Waals surface area (Å²) in [4.78, 5) is 26.9. The molecule has 1 unspecified atom stereocenters. The number of aliphatic hydroxyl groups is 1. The molecule has 2 amide bonds. The zero-order chi connectivity index (χ0) is 26.7. The van der Waals surface area contributed by atoms with Gasteiger partial charge in [-0.2, -0.15) is 10.2 Å². The van der Waals surface area contributed by atoms with Crippen molar-refractivity contribution in [2.24, 2.45) is 17.8 Å². The predicted octanol–water partition coefficient (Wildman–Crippen LogP) is 4.25. The van der Waals surface area contributed by atoms with Crippen molar-refractivity contribution < 1.29 is 14.7 Å². The molecule has 5 atom stereocenters. The van der Waals surface area contributed by atoms with Gasteiger partial charge in [0.1, 0.15) is 11.7 Å². The van der Waals surface area contributed by atoms with Crippen molar-refractivity contribution >= 4 is 17.5 Å². The van der Waals surface area contributed by atoms with Crippen LogP contribution in [0.4, 0.5) is 5.69 Å². The van der Waals surface area contributed by atoms with E-state index in [-0.39, 0.29) is 30.4 Å². The first kappa shape index (κ1) is 26.6. The van der Waals surface area contributed by atoms with E-state index in [0.717, 1.165) is 41.8 Å². The number of benzene rings is 1. The Bertz CT molecular complexity index is 1200. The van der Waals surface area contributed by atoms with E-state index in [0.29, 0.717) is 23.2 Å². The Morgan fingerprint density at radius 1 is 1.11 bits per heavy atom. The van der Waals surface area contributed by atoms with Crippen molar-refractivity contribution in [3.8, 4) is 11.1 Å². The SMILES string of the molecule is Cc1n[nH]c(C)c1-c1ccc(NC(=O)[C@@H](NC(=O)c2ccnn2[C@@H](C)CO)C2C[C@@H](C)C[C@@H](C)C2)cc1. The maximum Gasteiger partial charge on any atom is 0.270 e. The van der Waals surface area contributed by atoms with Crippen molar-refractivity contribution in [1.82, 2.24) is 25.3 Å². The number of hydrogen-bond donors (Lipinski definition) is 4. The van der Waals surface area contributed by atoms with Gasteiger partial charge in [-0.3, -0.25) is 19.4 Å². The first-order valence-electron chi connectivity index (χ1n) is 13.1. The highest BCUT2D eigenvalue weighted by Crippen LogP contribution is 2.35. The minimum Gasteiger partial charge on any atom is -0.394 e. The Morgan fingerprint density at radius 3 is 2.38 bits per heavy atom. The third-order valence-electron chi connectivity index (χ3n) is 7.41. The van der Waals surface area contributed by atoms with Gasteiger partial charge >= 0.3 is 0 Å². The minimum absolute atomic E-state index is 0.0184. The van der Waals surface area contributed by atoms with Crippen LogP contribution in [0, 0.1) is 31.6 Å². The highest BCUT2D eigenvalue weighted by atomic mass is 16.3. The van der Waals surface area contributed by atoms with Crippen LogP contribution in [0.1, 0.15) is 68.0 Å². The minimum atomic E-state index is -0.691. The fourth-order valence-electron chi connectivity index (χ4n) is 5.73. The Labute approximate surface area is 218 Å². The molecular formula is C28H38N6O3. The van der Waals surface area contributed by atoms with Gasteiger partial charge in [0.15, 0.2) is 0 Å². The number of hydrogen-bond acceptors (Lipinski definition) is 5. The number of aryl methyl sites for hydroxylation is 2. The predicted molar refractivity (Wildman–Crippen MR) is 143 cm³/mol. The average Bonchev–Trinajstić information content (AvgIpc) is 3.48. The topological polar surface area (TPSA) is 125 Å². The molecule has 0 aliphatic heterocycles. The summed E-state index contributed by atoms with van der Waals surface area (Å²) < 4.78 is 1.50. The van der Waals surface area contributed by atoms with E-state index in [4.69, 9.17) is 0 Å². The Balaban J connectivity index is 1.55. The van der Waals surface area contributed by atoms with E-state index in [9.17, 15) is 14.7 Å². The smallest absolute Gasteiger partial charge is 0.270 e. The molecule has 198 valence electrons. The third kappa shape index (κ3) is 5.93. The van der Waals surface area contributed by atoms with Crippen molar-refractivity contribution in [1.29, 1.82) is 0 Å². The lowest BCUT2D eigenvalue weighted by Crippen LogP contribution is -2.50. The lowest BCUT2D eigenvalue weighted by Gasteiger charge is -2.36. The normalized spacial score (nSPS) is 21.3. The quantitative estimate of drug-likeness (QED) is 0.363. The van der Waals surface area contributed by atoms with Gasteiger partial charge in [-0.25, -0.2) is 0 Å². The lowest BCUT2D eigenvalue weighted by atomic mass is 9.73. The van der Waals surface area contributed by atoms with Crippen LogP contribution in [-0.4, -0.2) is 49.5 Å². The molecule has 1 aliphatic carbocycles. The number of carbonyl (C=O) groups is 2. The molecule has 9 heteroatoms. The summed E-state index contributed by atoms with van der Waals surface area (Å²) in [6.45, 7) is 10.00. The van der Waals surface area contributed by atoms with Crippen LogP contribution in [0.5, 0.6) is 0 Å². The molecule has 2 aromatic heterocycles. The first-order chi connectivity index (χ1) is 17.7. The van der Waals surface area contributed by atoms with Crippen molar-refractivity contribution in [2.45, 2.75) is 66.0 Å². The largest absolute Gasteiger partial charge is 0.394 e. The van der Waals surface area contributed by atoms with Crippen molar-refractivity contribution in [3.05, 3.63) is 53.6 Å². The van der Waals surface area contributed by atoms with E-state index in [1.807, 2.05) is 38.1 Å². The maximum absolute atomic E-state index is 13.6. The van der Waals surface area contributed by atoms with Gasteiger partial charge in [0.05, 0.1) is 18.3 Å². The molecule has 0 saturated heterocycles. The monoisotopic (exact) mass is 506 g/mol. The van der Waals surface area contributed by atoms with E-state index in [2.05, 4.69) is 39.8 Å². The highest BCUT2D eigenvalue weighted by Gasteiger charge is 2.36. The molecule has 1 saturated carbocycles. The molecule has 1 fully saturated rings. The standard InChI is InChI=1S/C28H38N6O3/c1-16-12-17(2)14-22(13-16)26(31-27(36)24-10-11-29-34(24)18(3)15-35)28(37)30-23-8-6-21(7-9-23)25-19(4)32-33-20(25)5/h6-11,16-18,22,26,35H,12-15H2,1-5H3,(H,30,37)(H,31,36)(H,32,33)/t16-,17+,18-,22?,26-/m0/s1. The zero-order valence-electron chi connectivity index (χ0n) is 22.3. The highest BCUT2D eigenvalue weighted by molar-refractivity contribution is 6.00. The summed E-state index contributed by atoms with van der Waals surface area (Å²) in [7, 11) is 0. The first-order valence-corrected chi connectivity index (χ1v) is 13.1. The number of carbonyl (C=O) groups excluding carboxylic acids is 2. The fourth-order valence-corrected chi connectivity index (χ4v) is 5.73. The second-order valence-corrected chi connectivity index (χ2v) is 10.7. The number of rotatable bonds is 8. The second-order valence-electron chi connectivity index (χ2n) is 10.7. The summed E-state index contributed by atoms with van der Waals surface area (Å²) >= 11 is 0. The number of anilines is 1. The van der Waals surface area contributed by atoms with Crippen LogP contribution < -0.4 is 10.6 Å². The number of nitrogens with one attached hydrogen (secondary N) is 3. The second kappa shape index (κ2) is 11.3. The summed E-state index contributed by atoms with van der Waals surface area (Å²) in [6, 6.07) is 8.26. The molecule has 0 radical (unpaired) electrons.